The van der Waals surface area contributed by atoms with Crippen molar-refractivity contribution in [2.45, 2.75) is 59.7 Å². The van der Waals surface area contributed by atoms with Gasteiger partial charge in [-0.25, -0.2) is 4.79 Å². The number of carbonyl (C=O) groups is 2. The predicted octanol–water partition coefficient (Wildman–Crippen LogP) is 7.31. The number of aromatic nitrogens is 1. The average Bonchev–Trinajstić information content (AvgIpc) is 3.18. The van der Waals surface area contributed by atoms with Gasteiger partial charge in [0, 0.05) is 17.5 Å². The Bertz CT molecular complexity index is 1430. The minimum atomic E-state index is -1.13. The summed E-state index contributed by atoms with van der Waals surface area (Å²) < 4.78 is 13.2. The van der Waals surface area contributed by atoms with E-state index in [4.69, 9.17) is 9.47 Å². The highest BCUT2D eigenvalue weighted by molar-refractivity contribution is 6.12. The summed E-state index contributed by atoms with van der Waals surface area (Å²) in [5, 5.41) is 13.8. The quantitative estimate of drug-likeness (QED) is 0.232. The SMILES string of the molecule is CCCC(=O)Nc1c(C(=O)O)n(-c2ccc(OC(C)C)cc2)c2ccc(-c3ccc(OC(C)C)cc3)cc12. The molecule has 0 aliphatic heterocycles. The zero-order valence-corrected chi connectivity index (χ0v) is 22.4. The van der Waals surface area contributed by atoms with Gasteiger partial charge in [0.1, 0.15) is 11.5 Å². The van der Waals surface area contributed by atoms with Gasteiger partial charge in [-0.05, 0) is 93.8 Å². The van der Waals surface area contributed by atoms with Gasteiger partial charge in [-0.2, -0.15) is 0 Å². The number of carboxylic acid groups (broad SMARTS) is 1. The first-order chi connectivity index (χ1) is 18.2. The fraction of sp³-hybridized carbons (Fsp3) is 0.290. The molecule has 7 nitrogen and oxygen atoms in total. The lowest BCUT2D eigenvalue weighted by molar-refractivity contribution is -0.116. The Hall–Kier alpha value is -4.26. The summed E-state index contributed by atoms with van der Waals surface area (Å²) in [5.74, 6) is 0.116. The molecule has 0 fully saturated rings. The van der Waals surface area contributed by atoms with E-state index in [-0.39, 0.29) is 29.5 Å². The Morgan fingerprint density at radius 2 is 1.39 bits per heavy atom. The number of nitrogens with zero attached hydrogens (tertiary/aromatic N) is 1. The van der Waals surface area contributed by atoms with Gasteiger partial charge in [-0.15, -0.1) is 0 Å². The molecule has 38 heavy (non-hydrogen) atoms. The van der Waals surface area contributed by atoms with Crippen molar-refractivity contribution in [3.05, 3.63) is 72.4 Å². The van der Waals surface area contributed by atoms with Crippen LogP contribution in [0.15, 0.2) is 66.7 Å². The Morgan fingerprint density at radius 3 is 1.92 bits per heavy atom. The number of aromatic carboxylic acids is 1. The van der Waals surface area contributed by atoms with Gasteiger partial charge in [0.15, 0.2) is 5.69 Å². The molecule has 198 valence electrons. The fourth-order valence-corrected chi connectivity index (χ4v) is 4.44. The lowest BCUT2D eigenvalue weighted by Gasteiger charge is -2.13. The third-order valence-corrected chi connectivity index (χ3v) is 5.94. The summed E-state index contributed by atoms with van der Waals surface area (Å²) >= 11 is 0. The minimum absolute atomic E-state index is 0.000174. The molecule has 0 saturated carbocycles. The number of rotatable bonds is 10. The van der Waals surface area contributed by atoms with Crippen molar-refractivity contribution in [3.8, 4) is 28.3 Å². The average molecular weight is 515 g/mol. The highest BCUT2D eigenvalue weighted by Gasteiger charge is 2.25. The molecule has 0 bridgehead atoms. The van der Waals surface area contributed by atoms with Crippen molar-refractivity contribution in [2.75, 3.05) is 5.32 Å². The second-order valence-electron chi connectivity index (χ2n) is 9.75. The monoisotopic (exact) mass is 514 g/mol. The number of amides is 1. The first kappa shape index (κ1) is 26.8. The lowest BCUT2D eigenvalue weighted by atomic mass is 10.0. The Morgan fingerprint density at radius 1 is 0.842 bits per heavy atom. The minimum Gasteiger partial charge on any atom is -0.491 e. The molecule has 0 atom stereocenters. The van der Waals surface area contributed by atoms with Gasteiger partial charge in [0.05, 0.1) is 23.4 Å². The molecule has 0 saturated heterocycles. The van der Waals surface area contributed by atoms with E-state index in [0.717, 1.165) is 16.9 Å². The number of hydrogen-bond donors (Lipinski definition) is 2. The van der Waals surface area contributed by atoms with Crippen molar-refractivity contribution in [3.63, 3.8) is 0 Å². The Balaban J connectivity index is 1.88. The number of carbonyl (C=O) groups excluding carboxylic acids is 1. The second kappa shape index (κ2) is 11.4. The zero-order valence-electron chi connectivity index (χ0n) is 22.4. The van der Waals surface area contributed by atoms with Crippen LogP contribution in [0.1, 0.15) is 57.9 Å². The highest BCUT2D eigenvalue weighted by Crippen LogP contribution is 2.37. The maximum absolute atomic E-state index is 12.7. The summed E-state index contributed by atoms with van der Waals surface area (Å²) in [7, 11) is 0. The molecule has 2 N–H and O–H groups in total. The first-order valence-electron chi connectivity index (χ1n) is 12.9. The van der Waals surface area contributed by atoms with Crippen LogP contribution >= 0.6 is 0 Å². The number of ether oxygens (including phenoxy) is 2. The van der Waals surface area contributed by atoms with Crippen molar-refractivity contribution in [1.29, 1.82) is 0 Å². The lowest BCUT2D eigenvalue weighted by Crippen LogP contribution is -2.15. The number of nitrogens with one attached hydrogen (secondary N) is 1. The molecule has 0 spiro atoms. The number of hydrogen-bond acceptors (Lipinski definition) is 4. The van der Waals surface area contributed by atoms with E-state index < -0.39 is 5.97 Å². The molecule has 0 aliphatic rings. The van der Waals surface area contributed by atoms with Crippen LogP contribution in [-0.2, 0) is 4.79 Å². The van der Waals surface area contributed by atoms with Crippen molar-refractivity contribution in [1.82, 2.24) is 4.57 Å². The van der Waals surface area contributed by atoms with Crippen LogP contribution in [0.3, 0.4) is 0 Å². The molecule has 0 aliphatic carbocycles. The van der Waals surface area contributed by atoms with E-state index in [9.17, 15) is 14.7 Å². The third-order valence-electron chi connectivity index (χ3n) is 5.94. The van der Waals surface area contributed by atoms with E-state index in [0.29, 0.717) is 35.2 Å². The van der Waals surface area contributed by atoms with E-state index in [1.807, 2.05) is 101 Å². The smallest absolute Gasteiger partial charge is 0.355 e. The van der Waals surface area contributed by atoms with Gasteiger partial charge in [-0.3, -0.25) is 4.79 Å². The molecule has 4 aromatic rings. The number of benzene rings is 3. The molecule has 0 radical (unpaired) electrons. The van der Waals surface area contributed by atoms with Crippen molar-refractivity contribution < 1.29 is 24.2 Å². The first-order valence-corrected chi connectivity index (χ1v) is 12.9. The molecule has 7 heteroatoms. The second-order valence-corrected chi connectivity index (χ2v) is 9.75. The van der Waals surface area contributed by atoms with Crippen molar-refractivity contribution >= 4 is 28.5 Å². The Kier molecular flexibility index (Phi) is 8.05. The summed E-state index contributed by atoms with van der Waals surface area (Å²) in [6, 6.07) is 20.8. The normalized spacial score (nSPS) is 11.2. The van der Waals surface area contributed by atoms with E-state index in [1.54, 1.807) is 4.57 Å². The molecule has 1 aromatic heterocycles. The molecule has 1 heterocycles. The van der Waals surface area contributed by atoms with E-state index in [2.05, 4.69) is 5.32 Å². The van der Waals surface area contributed by atoms with Crippen LogP contribution < -0.4 is 14.8 Å². The maximum atomic E-state index is 12.7. The topological polar surface area (TPSA) is 89.8 Å². The van der Waals surface area contributed by atoms with Gasteiger partial charge < -0.3 is 24.5 Å². The summed E-state index contributed by atoms with van der Waals surface area (Å²) in [5.41, 5.74) is 3.47. The highest BCUT2D eigenvalue weighted by atomic mass is 16.5. The number of carboxylic acids is 1. The Labute approximate surface area is 223 Å². The largest absolute Gasteiger partial charge is 0.491 e. The molecule has 4 rings (SSSR count). The van der Waals surface area contributed by atoms with Crippen LogP contribution in [0.4, 0.5) is 5.69 Å². The predicted molar refractivity (Wildman–Crippen MR) is 151 cm³/mol. The van der Waals surface area contributed by atoms with Crippen LogP contribution in [0.5, 0.6) is 11.5 Å². The zero-order chi connectivity index (χ0) is 27.4. The molecular weight excluding hydrogens is 480 g/mol. The number of anilines is 1. The summed E-state index contributed by atoms with van der Waals surface area (Å²) in [6.45, 7) is 9.76. The summed E-state index contributed by atoms with van der Waals surface area (Å²) in [6.07, 6.45) is 1.05. The van der Waals surface area contributed by atoms with E-state index >= 15 is 0 Å². The van der Waals surface area contributed by atoms with Crippen LogP contribution in [-0.4, -0.2) is 33.8 Å². The molecule has 3 aromatic carbocycles. The fourth-order valence-electron chi connectivity index (χ4n) is 4.44. The van der Waals surface area contributed by atoms with Crippen LogP contribution in [0.25, 0.3) is 27.7 Å². The molecular formula is C31H34N2O5. The molecule has 0 unspecified atom stereocenters. The van der Waals surface area contributed by atoms with Crippen LogP contribution in [0.2, 0.25) is 0 Å². The van der Waals surface area contributed by atoms with Gasteiger partial charge in [-0.1, -0.05) is 25.1 Å². The molecule has 1 amide bonds. The van der Waals surface area contributed by atoms with Gasteiger partial charge in [0.2, 0.25) is 5.91 Å². The standard InChI is InChI=1S/C31H34N2O5/c1-6-7-28(34)32-29-26-18-22(21-8-13-24(14-9-21)37-19(2)3)10-17-27(26)33(30(29)31(35)36)23-11-15-25(16-12-23)38-20(4)5/h8-20H,6-7H2,1-5H3,(H,32,34)(H,35,36). The maximum Gasteiger partial charge on any atom is 0.355 e. The van der Waals surface area contributed by atoms with Gasteiger partial charge >= 0.3 is 5.97 Å². The summed E-state index contributed by atoms with van der Waals surface area (Å²) in [4.78, 5) is 25.3. The van der Waals surface area contributed by atoms with Crippen molar-refractivity contribution in [2.24, 2.45) is 0 Å². The third kappa shape index (κ3) is 5.83. The van der Waals surface area contributed by atoms with Crippen LogP contribution in [0, 0.1) is 0 Å². The number of fused-ring (bicyclic) bond motifs is 1. The van der Waals surface area contributed by atoms with E-state index in [1.165, 1.54) is 0 Å². The van der Waals surface area contributed by atoms with Gasteiger partial charge in [0.25, 0.3) is 0 Å².